The predicted molar refractivity (Wildman–Crippen MR) is 140 cm³/mol. The van der Waals surface area contributed by atoms with Crippen LogP contribution < -0.4 is 19.5 Å². The zero-order valence-electron chi connectivity index (χ0n) is 20.4. The molecule has 3 rings (SSSR count). The van der Waals surface area contributed by atoms with Gasteiger partial charge in [-0.2, -0.15) is 5.26 Å². The molecular formula is C27H24ClN3O6. The number of aryl methyl sites for hydroxylation is 1. The number of nitriles is 1. The van der Waals surface area contributed by atoms with Crippen molar-refractivity contribution in [2.75, 3.05) is 19.0 Å². The van der Waals surface area contributed by atoms with Gasteiger partial charge in [0.2, 0.25) is 0 Å². The number of nitrogens with one attached hydrogen (secondary N) is 1. The summed E-state index contributed by atoms with van der Waals surface area (Å²) < 4.78 is 16.7. The standard InChI is InChI=1S/C27H24ClN3O6/c1-4-36-25-13-18(12-22(28)26(25)37-16-19-8-6-5-7-17(19)2)11-20(15-29)27(32)30-23-10-9-21(35-3)14-24(23)31(33)34/h5-14H,4,16H2,1-3H3,(H,30,32)/b20-11+. The van der Waals surface area contributed by atoms with Gasteiger partial charge in [-0.15, -0.1) is 0 Å². The molecule has 0 fully saturated rings. The summed E-state index contributed by atoms with van der Waals surface area (Å²) in [6.07, 6.45) is 1.31. The molecule has 0 saturated heterocycles. The van der Waals surface area contributed by atoms with E-state index in [9.17, 15) is 20.2 Å². The Morgan fingerprint density at radius 3 is 2.59 bits per heavy atom. The van der Waals surface area contributed by atoms with E-state index in [1.54, 1.807) is 13.0 Å². The molecule has 190 valence electrons. The molecular weight excluding hydrogens is 498 g/mol. The van der Waals surface area contributed by atoms with E-state index in [4.69, 9.17) is 25.8 Å². The fourth-order valence-corrected chi connectivity index (χ4v) is 3.67. The van der Waals surface area contributed by atoms with E-state index in [0.29, 0.717) is 23.7 Å². The Morgan fingerprint density at radius 2 is 1.95 bits per heavy atom. The van der Waals surface area contributed by atoms with Gasteiger partial charge in [0.15, 0.2) is 11.5 Å². The number of benzene rings is 3. The Balaban J connectivity index is 1.89. The molecule has 0 aliphatic rings. The fourth-order valence-electron chi connectivity index (χ4n) is 3.40. The predicted octanol–water partition coefficient (Wildman–Crippen LogP) is 6.09. The molecule has 3 aromatic carbocycles. The highest BCUT2D eigenvalue weighted by atomic mass is 35.5. The van der Waals surface area contributed by atoms with Crippen LogP contribution >= 0.6 is 11.6 Å². The molecule has 0 radical (unpaired) electrons. The third-order valence-corrected chi connectivity index (χ3v) is 5.57. The highest BCUT2D eigenvalue weighted by Gasteiger charge is 2.20. The van der Waals surface area contributed by atoms with Crippen molar-refractivity contribution >= 4 is 35.0 Å². The van der Waals surface area contributed by atoms with Crippen molar-refractivity contribution in [2.24, 2.45) is 0 Å². The lowest BCUT2D eigenvalue weighted by molar-refractivity contribution is -0.384. The average Bonchev–Trinajstić information content (AvgIpc) is 2.88. The van der Waals surface area contributed by atoms with Crippen LogP contribution in [0, 0.1) is 28.4 Å². The van der Waals surface area contributed by atoms with Gasteiger partial charge in [0.1, 0.15) is 29.7 Å². The molecule has 0 aromatic heterocycles. The normalized spacial score (nSPS) is 10.8. The Labute approximate surface area is 219 Å². The molecule has 0 bridgehead atoms. The smallest absolute Gasteiger partial charge is 0.296 e. The monoisotopic (exact) mass is 521 g/mol. The van der Waals surface area contributed by atoms with E-state index < -0.39 is 10.8 Å². The topological polar surface area (TPSA) is 124 Å². The second-order valence-corrected chi connectivity index (χ2v) is 8.15. The lowest BCUT2D eigenvalue weighted by Gasteiger charge is -2.15. The van der Waals surface area contributed by atoms with Crippen molar-refractivity contribution in [1.29, 1.82) is 5.26 Å². The van der Waals surface area contributed by atoms with E-state index in [1.165, 1.54) is 37.5 Å². The highest BCUT2D eigenvalue weighted by Crippen LogP contribution is 2.38. The van der Waals surface area contributed by atoms with E-state index in [-0.39, 0.29) is 34.3 Å². The summed E-state index contributed by atoms with van der Waals surface area (Å²) in [6, 6.07) is 16.7. The third kappa shape index (κ3) is 6.78. The fraction of sp³-hybridized carbons (Fsp3) is 0.185. The first-order valence-corrected chi connectivity index (χ1v) is 11.5. The molecule has 0 aliphatic heterocycles. The van der Waals surface area contributed by atoms with E-state index >= 15 is 0 Å². The number of carbonyl (C=O) groups is 1. The van der Waals surface area contributed by atoms with Gasteiger partial charge < -0.3 is 19.5 Å². The van der Waals surface area contributed by atoms with Gasteiger partial charge in [-0.3, -0.25) is 14.9 Å². The van der Waals surface area contributed by atoms with Gasteiger partial charge in [0.25, 0.3) is 11.6 Å². The van der Waals surface area contributed by atoms with Crippen molar-refractivity contribution < 1.29 is 23.9 Å². The van der Waals surface area contributed by atoms with Crippen LogP contribution in [-0.2, 0) is 11.4 Å². The van der Waals surface area contributed by atoms with E-state index in [0.717, 1.165) is 11.1 Å². The Hall–Kier alpha value is -4.55. The van der Waals surface area contributed by atoms with Crippen LogP contribution in [0.2, 0.25) is 5.02 Å². The first-order valence-electron chi connectivity index (χ1n) is 11.2. The number of nitro benzene ring substituents is 1. The molecule has 9 nitrogen and oxygen atoms in total. The second kappa shape index (κ2) is 12.4. The molecule has 1 N–H and O–H groups in total. The number of carbonyl (C=O) groups excluding carboxylic acids is 1. The first kappa shape index (κ1) is 27.0. The van der Waals surface area contributed by atoms with Gasteiger partial charge in [0, 0.05) is 0 Å². The van der Waals surface area contributed by atoms with Crippen molar-refractivity contribution in [3.63, 3.8) is 0 Å². The van der Waals surface area contributed by atoms with Crippen LogP contribution in [0.25, 0.3) is 6.08 Å². The molecule has 3 aromatic rings. The minimum atomic E-state index is -0.829. The maximum Gasteiger partial charge on any atom is 0.296 e. The summed E-state index contributed by atoms with van der Waals surface area (Å²) in [4.78, 5) is 23.5. The van der Waals surface area contributed by atoms with Crippen molar-refractivity contribution in [3.05, 3.63) is 92.0 Å². The van der Waals surface area contributed by atoms with Crippen LogP contribution in [0.1, 0.15) is 23.6 Å². The van der Waals surface area contributed by atoms with Gasteiger partial charge in [-0.25, -0.2) is 0 Å². The van der Waals surface area contributed by atoms with Gasteiger partial charge >= 0.3 is 0 Å². The molecule has 0 atom stereocenters. The van der Waals surface area contributed by atoms with Crippen LogP contribution in [-0.4, -0.2) is 24.5 Å². The summed E-state index contributed by atoms with van der Waals surface area (Å²) in [7, 11) is 1.37. The Bertz CT molecular complexity index is 1400. The summed E-state index contributed by atoms with van der Waals surface area (Å²) >= 11 is 6.49. The number of nitro groups is 1. The van der Waals surface area contributed by atoms with E-state index in [2.05, 4.69) is 5.32 Å². The van der Waals surface area contributed by atoms with Gasteiger partial charge in [0.05, 0.1) is 29.7 Å². The highest BCUT2D eigenvalue weighted by molar-refractivity contribution is 6.32. The summed E-state index contributed by atoms with van der Waals surface area (Å²) in [5.41, 5.74) is 1.72. The number of hydrogen-bond acceptors (Lipinski definition) is 7. The third-order valence-electron chi connectivity index (χ3n) is 5.29. The van der Waals surface area contributed by atoms with Gasteiger partial charge in [-0.1, -0.05) is 35.9 Å². The van der Waals surface area contributed by atoms with Crippen LogP contribution in [0.4, 0.5) is 11.4 Å². The lowest BCUT2D eigenvalue weighted by Crippen LogP contribution is -2.14. The quantitative estimate of drug-likeness (QED) is 0.148. The van der Waals surface area contributed by atoms with Gasteiger partial charge in [-0.05, 0) is 60.9 Å². The summed E-state index contributed by atoms with van der Waals surface area (Å²) in [5, 5.41) is 23.7. The number of rotatable bonds is 10. The van der Waals surface area contributed by atoms with E-state index in [1.807, 2.05) is 37.3 Å². The Morgan fingerprint density at radius 1 is 1.19 bits per heavy atom. The number of amides is 1. The number of methoxy groups -OCH3 is 1. The van der Waals surface area contributed by atoms with Crippen LogP contribution in [0.15, 0.2) is 60.2 Å². The minimum Gasteiger partial charge on any atom is -0.496 e. The van der Waals surface area contributed by atoms with Crippen LogP contribution in [0.5, 0.6) is 17.2 Å². The van der Waals surface area contributed by atoms with Crippen LogP contribution in [0.3, 0.4) is 0 Å². The average molecular weight is 522 g/mol. The molecule has 0 saturated carbocycles. The summed E-state index contributed by atoms with van der Waals surface area (Å²) in [5.74, 6) is 0.104. The number of nitrogens with zero attached hydrogens (tertiary/aromatic N) is 2. The SMILES string of the molecule is CCOc1cc(/C=C(\C#N)C(=O)Nc2ccc(OC)cc2[N+](=O)[O-])cc(Cl)c1OCc1ccccc1C. The number of ether oxygens (including phenoxy) is 3. The molecule has 0 heterocycles. The molecule has 0 aliphatic carbocycles. The zero-order chi connectivity index (χ0) is 26.9. The molecule has 0 spiro atoms. The largest absolute Gasteiger partial charge is 0.496 e. The lowest BCUT2D eigenvalue weighted by atomic mass is 10.1. The number of hydrogen-bond donors (Lipinski definition) is 1. The molecule has 0 unspecified atom stereocenters. The van der Waals surface area contributed by atoms with Crippen molar-refractivity contribution in [1.82, 2.24) is 0 Å². The second-order valence-electron chi connectivity index (χ2n) is 7.74. The first-order chi connectivity index (χ1) is 17.8. The minimum absolute atomic E-state index is 0.0788. The maximum absolute atomic E-state index is 12.8. The number of halogens is 1. The molecule has 37 heavy (non-hydrogen) atoms. The molecule has 10 heteroatoms. The van der Waals surface area contributed by atoms with Crippen molar-refractivity contribution in [3.8, 4) is 23.3 Å². The molecule has 1 amide bonds. The Kier molecular flexibility index (Phi) is 9.08. The number of anilines is 1. The maximum atomic E-state index is 12.8. The van der Waals surface area contributed by atoms with Crippen molar-refractivity contribution in [2.45, 2.75) is 20.5 Å². The summed E-state index contributed by atoms with van der Waals surface area (Å²) in [6.45, 7) is 4.38. The zero-order valence-corrected chi connectivity index (χ0v) is 21.2.